The SMILES string of the molecule is Cc1cc(C(=O)OCC(=O)NC(=O)c2ccc(C(C)(C)C)cc2)on1. The molecule has 25 heavy (non-hydrogen) atoms. The summed E-state index contributed by atoms with van der Waals surface area (Å²) in [7, 11) is 0. The average Bonchev–Trinajstić information content (AvgIpc) is 2.98. The molecule has 0 aliphatic heterocycles. The number of aryl methyl sites for hydroxylation is 1. The number of carbonyl (C=O) groups excluding carboxylic acids is 3. The lowest BCUT2D eigenvalue weighted by molar-refractivity contribution is -0.123. The molecule has 0 radical (unpaired) electrons. The second-order valence-electron chi connectivity index (χ2n) is 6.61. The van der Waals surface area contributed by atoms with E-state index < -0.39 is 24.4 Å². The van der Waals surface area contributed by atoms with Gasteiger partial charge in [0.2, 0.25) is 5.76 Å². The summed E-state index contributed by atoms with van der Waals surface area (Å²) in [5, 5.41) is 5.71. The molecule has 0 saturated heterocycles. The molecule has 1 heterocycles. The molecule has 0 spiro atoms. The fraction of sp³-hybridized carbons (Fsp3) is 0.333. The summed E-state index contributed by atoms with van der Waals surface area (Å²) in [5.74, 6) is -2.21. The highest BCUT2D eigenvalue weighted by atomic mass is 16.6. The first kappa shape index (κ1) is 18.4. The van der Waals surface area contributed by atoms with Gasteiger partial charge in [0.25, 0.3) is 11.8 Å². The second-order valence-corrected chi connectivity index (χ2v) is 6.61. The van der Waals surface area contributed by atoms with E-state index in [2.05, 4.69) is 31.2 Å². The van der Waals surface area contributed by atoms with Crippen LogP contribution in [0.3, 0.4) is 0 Å². The first-order valence-electron chi connectivity index (χ1n) is 7.72. The fourth-order valence-corrected chi connectivity index (χ4v) is 2.02. The van der Waals surface area contributed by atoms with Crippen LogP contribution in [0.5, 0.6) is 0 Å². The molecule has 0 aliphatic carbocycles. The summed E-state index contributed by atoms with van der Waals surface area (Å²) >= 11 is 0. The summed E-state index contributed by atoms with van der Waals surface area (Å²) in [6, 6.07) is 8.36. The molecule has 7 heteroatoms. The lowest BCUT2D eigenvalue weighted by Crippen LogP contribution is -2.34. The van der Waals surface area contributed by atoms with Crippen LogP contribution in [0.2, 0.25) is 0 Å². The first-order valence-corrected chi connectivity index (χ1v) is 7.72. The van der Waals surface area contributed by atoms with Gasteiger partial charge in [0.1, 0.15) is 0 Å². The van der Waals surface area contributed by atoms with Crippen molar-refractivity contribution in [1.29, 1.82) is 0 Å². The van der Waals surface area contributed by atoms with Crippen molar-refractivity contribution < 1.29 is 23.6 Å². The van der Waals surface area contributed by atoms with Gasteiger partial charge in [0, 0.05) is 11.6 Å². The minimum atomic E-state index is -0.822. The van der Waals surface area contributed by atoms with Gasteiger partial charge in [0.05, 0.1) is 5.69 Å². The van der Waals surface area contributed by atoms with E-state index in [1.54, 1.807) is 19.1 Å². The minimum Gasteiger partial charge on any atom is -0.450 e. The molecule has 0 unspecified atom stereocenters. The van der Waals surface area contributed by atoms with Gasteiger partial charge in [0.15, 0.2) is 6.61 Å². The highest BCUT2D eigenvalue weighted by Gasteiger charge is 2.18. The lowest BCUT2D eigenvalue weighted by Gasteiger charge is -2.18. The number of hydrogen-bond donors (Lipinski definition) is 1. The molecule has 0 bridgehead atoms. The number of esters is 1. The van der Waals surface area contributed by atoms with Crippen LogP contribution in [0.1, 0.15) is 52.9 Å². The van der Waals surface area contributed by atoms with Crippen molar-refractivity contribution in [3.05, 3.63) is 52.9 Å². The number of hydrogen-bond acceptors (Lipinski definition) is 6. The Balaban J connectivity index is 1.87. The van der Waals surface area contributed by atoms with Crippen molar-refractivity contribution in [3.63, 3.8) is 0 Å². The zero-order chi connectivity index (χ0) is 18.6. The number of benzene rings is 1. The maximum atomic E-state index is 12.0. The topological polar surface area (TPSA) is 98.5 Å². The quantitative estimate of drug-likeness (QED) is 0.855. The number of ether oxygens (including phenoxy) is 1. The van der Waals surface area contributed by atoms with Gasteiger partial charge in [-0.05, 0) is 30.0 Å². The van der Waals surface area contributed by atoms with Crippen LogP contribution in [0.15, 0.2) is 34.9 Å². The minimum absolute atomic E-state index is 0.0297. The normalized spacial score (nSPS) is 11.0. The zero-order valence-electron chi connectivity index (χ0n) is 14.6. The van der Waals surface area contributed by atoms with E-state index >= 15 is 0 Å². The Labute approximate surface area is 145 Å². The second kappa shape index (κ2) is 7.29. The summed E-state index contributed by atoms with van der Waals surface area (Å²) in [6.07, 6.45) is 0. The molecule has 0 atom stereocenters. The zero-order valence-corrected chi connectivity index (χ0v) is 14.6. The van der Waals surface area contributed by atoms with Crippen molar-refractivity contribution >= 4 is 17.8 Å². The van der Waals surface area contributed by atoms with E-state index in [1.807, 2.05) is 12.1 Å². The van der Waals surface area contributed by atoms with Gasteiger partial charge in [-0.25, -0.2) is 4.79 Å². The number of aromatic nitrogens is 1. The van der Waals surface area contributed by atoms with Crippen molar-refractivity contribution in [1.82, 2.24) is 10.5 Å². The molecule has 0 fully saturated rings. The average molecular weight is 344 g/mol. The van der Waals surface area contributed by atoms with Crippen LogP contribution in [-0.4, -0.2) is 29.5 Å². The number of amides is 2. The van der Waals surface area contributed by atoms with E-state index in [-0.39, 0.29) is 11.2 Å². The molecule has 0 saturated carbocycles. The van der Waals surface area contributed by atoms with Crippen LogP contribution in [0.4, 0.5) is 0 Å². The molecule has 1 aromatic carbocycles. The third-order valence-corrected chi connectivity index (χ3v) is 3.43. The van der Waals surface area contributed by atoms with E-state index in [0.717, 1.165) is 5.56 Å². The largest absolute Gasteiger partial charge is 0.450 e. The molecular weight excluding hydrogens is 324 g/mol. The van der Waals surface area contributed by atoms with Crippen LogP contribution < -0.4 is 5.32 Å². The van der Waals surface area contributed by atoms with Gasteiger partial charge in [-0.15, -0.1) is 0 Å². The van der Waals surface area contributed by atoms with Crippen LogP contribution >= 0.6 is 0 Å². The van der Waals surface area contributed by atoms with Gasteiger partial charge in [-0.2, -0.15) is 0 Å². The maximum Gasteiger partial charge on any atom is 0.377 e. The Morgan fingerprint density at radius 1 is 1.16 bits per heavy atom. The van der Waals surface area contributed by atoms with Gasteiger partial charge < -0.3 is 9.26 Å². The van der Waals surface area contributed by atoms with Gasteiger partial charge in [-0.3, -0.25) is 14.9 Å². The van der Waals surface area contributed by atoms with Gasteiger partial charge in [-0.1, -0.05) is 38.1 Å². The summed E-state index contributed by atoms with van der Waals surface area (Å²) in [4.78, 5) is 35.4. The number of rotatable bonds is 4. The molecule has 1 aromatic heterocycles. The highest BCUT2D eigenvalue weighted by Crippen LogP contribution is 2.22. The molecular formula is C18H20N2O5. The van der Waals surface area contributed by atoms with Gasteiger partial charge >= 0.3 is 5.97 Å². The van der Waals surface area contributed by atoms with Crippen LogP contribution in [0, 0.1) is 6.92 Å². The number of carbonyl (C=O) groups is 3. The molecule has 1 N–H and O–H groups in total. The summed E-state index contributed by atoms with van der Waals surface area (Å²) < 4.78 is 9.49. The van der Waals surface area contributed by atoms with E-state index in [0.29, 0.717) is 11.3 Å². The van der Waals surface area contributed by atoms with Crippen LogP contribution in [0.25, 0.3) is 0 Å². The molecule has 7 nitrogen and oxygen atoms in total. The summed E-state index contributed by atoms with van der Waals surface area (Å²) in [5.41, 5.74) is 1.91. The fourth-order valence-electron chi connectivity index (χ4n) is 2.02. The van der Waals surface area contributed by atoms with Crippen molar-refractivity contribution in [2.75, 3.05) is 6.61 Å². The standard InChI is InChI=1S/C18H20N2O5/c1-11-9-14(25-20-11)17(23)24-10-15(21)19-16(22)12-5-7-13(8-6-12)18(2,3)4/h5-9H,10H2,1-4H3,(H,19,21,22). The Morgan fingerprint density at radius 2 is 1.80 bits per heavy atom. The predicted molar refractivity (Wildman–Crippen MR) is 89.1 cm³/mol. The van der Waals surface area contributed by atoms with E-state index in [1.165, 1.54) is 6.07 Å². The first-order chi connectivity index (χ1) is 11.7. The Bertz CT molecular complexity index is 785. The highest BCUT2D eigenvalue weighted by molar-refractivity contribution is 6.05. The Morgan fingerprint density at radius 3 is 2.32 bits per heavy atom. The monoisotopic (exact) mass is 344 g/mol. The lowest BCUT2D eigenvalue weighted by atomic mass is 9.87. The van der Waals surface area contributed by atoms with Crippen LogP contribution in [-0.2, 0) is 14.9 Å². The number of nitrogens with zero attached hydrogens (tertiary/aromatic N) is 1. The maximum absolute atomic E-state index is 12.0. The van der Waals surface area contributed by atoms with E-state index in [4.69, 9.17) is 9.26 Å². The molecule has 2 amide bonds. The third kappa shape index (κ3) is 5.00. The summed E-state index contributed by atoms with van der Waals surface area (Å²) in [6.45, 7) is 7.25. The predicted octanol–water partition coefficient (Wildman–Crippen LogP) is 2.39. The number of imide groups is 1. The smallest absolute Gasteiger partial charge is 0.377 e. The molecule has 132 valence electrons. The van der Waals surface area contributed by atoms with Crippen molar-refractivity contribution in [2.24, 2.45) is 0 Å². The van der Waals surface area contributed by atoms with E-state index in [9.17, 15) is 14.4 Å². The third-order valence-electron chi connectivity index (χ3n) is 3.43. The number of nitrogens with one attached hydrogen (secondary N) is 1. The molecule has 0 aliphatic rings. The Hall–Kier alpha value is -2.96. The van der Waals surface area contributed by atoms with Crippen molar-refractivity contribution in [3.8, 4) is 0 Å². The molecule has 2 rings (SSSR count). The Kier molecular flexibility index (Phi) is 5.36. The van der Waals surface area contributed by atoms with Crippen molar-refractivity contribution in [2.45, 2.75) is 33.1 Å². The molecule has 2 aromatic rings.